The molecule has 3 N–H and O–H groups in total. The van der Waals surface area contributed by atoms with Crippen molar-refractivity contribution in [2.24, 2.45) is 0 Å². The number of nitrogens with zero attached hydrogens (tertiary/aromatic N) is 2. The van der Waals surface area contributed by atoms with E-state index in [1.54, 1.807) is 6.92 Å². The first kappa shape index (κ1) is 16.3. The van der Waals surface area contributed by atoms with Crippen molar-refractivity contribution < 1.29 is 13.6 Å². The first-order valence-electron chi connectivity index (χ1n) is 7.49. The Balaban J connectivity index is 2.12. The van der Waals surface area contributed by atoms with E-state index in [1.807, 2.05) is 0 Å². The van der Waals surface area contributed by atoms with Crippen LogP contribution in [0.25, 0.3) is 32.4 Å². The average molecular weight is 375 g/mol. The molecule has 0 saturated carbocycles. The molecule has 1 amide bonds. The number of aromatic amines is 2. The lowest BCUT2D eigenvalue weighted by atomic mass is 10.0. The maximum atomic E-state index is 14.6. The Morgan fingerprint density at radius 2 is 2.00 bits per heavy atom. The van der Waals surface area contributed by atoms with Crippen LogP contribution in [0.3, 0.4) is 0 Å². The predicted molar refractivity (Wildman–Crippen MR) is 94.3 cm³/mol. The Morgan fingerprint density at radius 1 is 1.23 bits per heavy atom. The molecule has 0 aliphatic carbocycles. The molecule has 0 spiro atoms. The first-order chi connectivity index (χ1) is 12.4. The van der Waals surface area contributed by atoms with E-state index in [0.717, 1.165) is 11.3 Å². The van der Waals surface area contributed by atoms with Gasteiger partial charge in [-0.05, 0) is 6.92 Å². The number of aromatic nitrogens is 4. The smallest absolute Gasteiger partial charge is 0.223 e. The van der Waals surface area contributed by atoms with Crippen molar-refractivity contribution in [2.45, 2.75) is 13.8 Å². The summed E-state index contributed by atoms with van der Waals surface area (Å²) in [7, 11) is 0. The number of anilines is 1. The van der Waals surface area contributed by atoms with Gasteiger partial charge in [-0.15, -0.1) is 0 Å². The minimum absolute atomic E-state index is 0.108. The van der Waals surface area contributed by atoms with Gasteiger partial charge in [0, 0.05) is 35.7 Å². The third kappa shape index (κ3) is 2.37. The Bertz CT molecular complexity index is 1260. The van der Waals surface area contributed by atoms with E-state index in [1.165, 1.54) is 13.1 Å². The number of fused-ring (bicyclic) bond motifs is 3. The van der Waals surface area contributed by atoms with Crippen LogP contribution in [0.4, 0.5) is 13.9 Å². The van der Waals surface area contributed by atoms with Gasteiger partial charge in [0.1, 0.15) is 5.82 Å². The van der Waals surface area contributed by atoms with Crippen molar-refractivity contribution >= 4 is 44.2 Å². The second kappa shape index (κ2) is 5.70. The van der Waals surface area contributed by atoms with Crippen LogP contribution in [-0.4, -0.2) is 26.1 Å². The Kier molecular flexibility index (Phi) is 3.58. The topological polar surface area (TPSA) is 104 Å². The molecule has 7 nitrogen and oxygen atoms in total. The largest absolute Gasteiger partial charge is 0.303 e. The molecule has 0 radical (unpaired) electrons. The van der Waals surface area contributed by atoms with E-state index >= 15 is 0 Å². The lowest BCUT2D eigenvalue weighted by Crippen LogP contribution is -2.08. The number of hydrogen-bond acceptors (Lipinski definition) is 5. The van der Waals surface area contributed by atoms with Gasteiger partial charge in [0.25, 0.3) is 0 Å². The number of amides is 1. The monoisotopic (exact) mass is 375 g/mol. The molecule has 0 aliphatic heterocycles. The van der Waals surface area contributed by atoms with Crippen molar-refractivity contribution in [1.82, 2.24) is 20.2 Å². The number of rotatable bonds is 2. The summed E-state index contributed by atoms with van der Waals surface area (Å²) in [6, 6.07) is 0.607. The van der Waals surface area contributed by atoms with Crippen LogP contribution >= 0.6 is 11.3 Å². The zero-order valence-corrected chi connectivity index (χ0v) is 14.3. The lowest BCUT2D eigenvalue weighted by molar-refractivity contribution is -0.114. The number of carbonyl (C=O) groups excluding carboxylic acids is 1. The summed E-state index contributed by atoms with van der Waals surface area (Å²) in [6.07, 6.45) is 1.41. The van der Waals surface area contributed by atoms with Crippen LogP contribution in [0.1, 0.15) is 12.6 Å². The van der Waals surface area contributed by atoms with E-state index in [-0.39, 0.29) is 28.0 Å². The molecule has 1 aromatic carbocycles. The minimum Gasteiger partial charge on any atom is -0.303 e. The number of aryl methyl sites for hydroxylation is 1. The number of benzene rings is 1. The highest BCUT2D eigenvalue weighted by atomic mass is 32.1. The SMILES string of the molecule is CC(=O)Nc1ncc(-c2nc3[nH][nH]c(C)c3c3c(F)c(=O)cc(F)c23)s1. The van der Waals surface area contributed by atoms with Crippen LogP contribution in [0.15, 0.2) is 17.1 Å². The molecule has 0 bridgehead atoms. The summed E-state index contributed by atoms with van der Waals surface area (Å²) in [4.78, 5) is 31.8. The Labute approximate surface area is 148 Å². The molecule has 0 saturated heterocycles. The molecule has 132 valence electrons. The summed E-state index contributed by atoms with van der Waals surface area (Å²) >= 11 is 1.07. The molecule has 0 atom stereocenters. The molecule has 0 fully saturated rings. The summed E-state index contributed by atoms with van der Waals surface area (Å²) < 4.78 is 29.3. The molecule has 3 aromatic heterocycles. The van der Waals surface area contributed by atoms with Crippen molar-refractivity contribution in [3.05, 3.63) is 39.8 Å². The summed E-state index contributed by atoms with van der Waals surface area (Å²) in [5.74, 6) is -2.22. The number of carbonyl (C=O) groups is 1. The number of halogens is 2. The van der Waals surface area contributed by atoms with E-state index in [4.69, 9.17) is 0 Å². The van der Waals surface area contributed by atoms with Crippen LogP contribution in [0.2, 0.25) is 0 Å². The summed E-state index contributed by atoms with van der Waals surface area (Å²) in [5.41, 5.74) is -0.0925. The lowest BCUT2D eigenvalue weighted by Gasteiger charge is -2.07. The van der Waals surface area contributed by atoms with Gasteiger partial charge in [-0.25, -0.2) is 18.7 Å². The van der Waals surface area contributed by atoms with Crippen molar-refractivity contribution in [3.8, 4) is 10.6 Å². The second-order valence-corrected chi connectivity index (χ2v) is 6.72. The highest BCUT2D eigenvalue weighted by Gasteiger charge is 2.22. The van der Waals surface area contributed by atoms with Gasteiger partial charge >= 0.3 is 0 Å². The van der Waals surface area contributed by atoms with E-state index in [9.17, 15) is 18.4 Å². The molecule has 0 aliphatic rings. The van der Waals surface area contributed by atoms with E-state index in [2.05, 4.69) is 25.5 Å². The number of pyridine rings is 1. The van der Waals surface area contributed by atoms with Gasteiger partial charge in [-0.2, -0.15) is 0 Å². The second-order valence-electron chi connectivity index (χ2n) is 5.69. The molecule has 26 heavy (non-hydrogen) atoms. The number of H-pyrrole nitrogens is 2. The van der Waals surface area contributed by atoms with E-state index in [0.29, 0.717) is 27.2 Å². The molecule has 0 unspecified atom stereocenters. The van der Waals surface area contributed by atoms with Gasteiger partial charge in [0.05, 0.1) is 16.0 Å². The Morgan fingerprint density at radius 3 is 2.73 bits per heavy atom. The van der Waals surface area contributed by atoms with Gasteiger partial charge in [-0.1, -0.05) is 11.3 Å². The van der Waals surface area contributed by atoms with Crippen LogP contribution in [-0.2, 0) is 4.79 Å². The van der Waals surface area contributed by atoms with Crippen LogP contribution in [0.5, 0.6) is 0 Å². The Hall–Kier alpha value is -3.14. The fraction of sp³-hybridized carbons (Fsp3) is 0.125. The third-order valence-corrected chi connectivity index (χ3v) is 4.81. The van der Waals surface area contributed by atoms with Gasteiger partial charge < -0.3 is 10.4 Å². The molecule has 4 aromatic rings. The number of nitrogens with one attached hydrogen (secondary N) is 3. The zero-order chi connectivity index (χ0) is 18.6. The molecule has 10 heteroatoms. The summed E-state index contributed by atoms with van der Waals surface area (Å²) in [5, 5.41) is 8.47. The van der Waals surface area contributed by atoms with Gasteiger partial charge in [-0.3, -0.25) is 14.7 Å². The van der Waals surface area contributed by atoms with Crippen molar-refractivity contribution in [1.29, 1.82) is 0 Å². The molecule has 4 rings (SSSR count). The highest BCUT2D eigenvalue weighted by Crippen LogP contribution is 2.38. The minimum atomic E-state index is -1.04. The fourth-order valence-corrected chi connectivity index (χ4v) is 3.71. The van der Waals surface area contributed by atoms with Crippen LogP contribution in [0, 0.1) is 18.6 Å². The fourth-order valence-electron chi connectivity index (χ4n) is 2.85. The van der Waals surface area contributed by atoms with Gasteiger partial charge in [0.15, 0.2) is 16.6 Å². The summed E-state index contributed by atoms with van der Waals surface area (Å²) in [6.45, 7) is 3.00. The maximum Gasteiger partial charge on any atom is 0.223 e. The van der Waals surface area contributed by atoms with E-state index < -0.39 is 17.1 Å². The zero-order valence-electron chi connectivity index (χ0n) is 13.5. The predicted octanol–water partition coefficient (Wildman–Crippen LogP) is 3.07. The maximum absolute atomic E-state index is 14.6. The molecule has 3 heterocycles. The highest BCUT2D eigenvalue weighted by molar-refractivity contribution is 7.19. The number of thiazole rings is 1. The third-order valence-electron chi connectivity index (χ3n) is 3.90. The van der Waals surface area contributed by atoms with Crippen molar-refractivity contribution in [3.63, 3.8) is 0 Å². The number of hydrogen-bond donors (Lipinski definition) is 3. The van der Waals surface area contributed by atoms with Gasteiger partial charge in [0.2, 0.25) is 11.3 Å². The van der Waals surface area contributed by atoms with Crippen molar-refractivity contribution in [2.75, 3.05) is 5.32 Å². The van der Waals surface area contributed by atoms with Crippen LogP contribution < -0.4 is 10.7 Å². The quantitative estimate of drug-likeness (QED) is 0.501. The average Bonchev–Trinajstić information content (AvgIpc) is 3.18. The normalized spacial score (nSPS) is 11.4. The molecular formula is C16H11F2N5O2S. The first-order valence-corrected chi connectivity index (χ1v) is 8.31. The standard InChI is InChI=1S/C16H11F2N5O2S/c1-5-10-12-11(7(17)3-8(25)13(12)18)14(21-15(10)23-22-5)9-4-19-16(26-9)20-6(2)24/h3-4H,1-2H3,(H,19,20,24)(H2,21,22,23). The molecular weight excluding hydrogens is 364 g/mol.